The quantitative estimate of drug-likeness (QED) is 0.377. The van der Waals surface area contributed by atoms with Crippen LogP contribution in [-0.4, -0.2) is 17.6 Å². The number of hydrogen-bond donors (Lipinski definition) is 3. The first-order valence-electron chi connectivity index (χ1n) is 5.46. The lowest BCUT2D eigenvalue weighted by molar-refractivity contribution is 0.282. The van der Waals surface area contributed by atoms with Crippen LogP contribution in [0.25, 0.3) is 0 Å². The molecule has 0 aliphatic rings. The van der Waals surface area contributed by atoms with Crippen LogP contribution in [0.4, 0.5) is 0 Å². The SMILES string of the molecule is NC(N)=NCCCCc1ccc(CO)cc1. The van der Waals surface area contributed by atoms with Gasteiger partial charge >= 0.3 is 0 Å². The standard InChI is InChI=1S/C12H19N3O/c13-12(14)15-8-2-1-3-10-4-6-11(9-16)7-5-10/h4-7,16H,1-3,8-9H2,(H4,13,14,15). The van der Waals surface area contributed by atoms with Gasteiger partial charge in [-0.1, -0.05) is 24.3 Å². The first kappa shape index (κ1) is 12.5. The van der Waals surface area contributed by atoms with Crippen molar-refractivity contribution >= 4 is 5.96 Å². The van der Waals surface area contributed by atoms with E-state index >= 15 is 0 Å². The molecule has 0 aliphatic heterocycles. The summed E-state index contributed by atoms with van der Waals surface area (Å²) >= 11 is 0. The van der Waals surface area contributed by atoms with Gasteiger partial charge in [-0.2, -0.15) is 0 Å². The Morgan fingerprint density at radius 1 is 1.06 bits per heavy atom. The van der Waals surface area contributed by atoms with Crippen LogP contribution in [-0.2, 0) is 13.0 Å². The first-order chi connectivity index (χ1) is 7.72. The molecule has 0 saturated heterocycles. The lowest BCUT2D eigenvalue weighted by Gasteiger charge is -2.02. The highest BCUT2D eigenvalue weighted by Crippen LogP contribution is 2.07. The molecule has 0 radical (unpaired) electrons. The fourth-order valence-electron chi connectivity index (χ4n) is 1.46. The minimum Gasteiger partial charge on any atom is -0.392 e. The molecule has 0 unspecified atom stereocenters. The number of benzene rings is 1. The summed E-state index contributed by atoms with van der Waals surface area (Å²) in [6.07, 6.45) is 3.07. The van der Waals surface area contributed by atoms with Gasteiger partial charge in [0.05, 0.1) is 6.61 Å². The Hall–Kier alpha value is -1.55. The number of unbranched alkanes of at least 4 members (excludes halogenated alkanes) is 1. The summed E-state index contributed by atoms with van der Waals surface area (Å²) in [6.45, 7) is 0.793. The third-order valence-electron chi connectivity index (χ3n) is 2.37. The Bertz CT molecular complexity index is 329. The van der Waals surface area contributed by atoms with Crippen LogP contribution >= 0.6 is 0 Å². The number of aryl methyl sites for hydroxylation is 1. The molecule has 0 atom stereocenters. The van der Waals surface area contributed by atoms with Crippen molar-refractivity contribution in [2.24, 2.45) is 16.5 Å². The highest BCUT2D eigenvalue weighted by atomic mass is 16.3. The number of rotatable bonds is 6. The van der Waals surface area contributed by atoms with Crippen molar-refractivity contribution < 1.29 is 5.11 Å². The minimum atomic E-state index is 0.102. The molecule has 0 bridgehead atoms. The van der Waals surface area contributed by atoms with E-state index in [1.807, 2.05) is 24.3 Å². The average molecular weight is 221 g/mol. The van der Waals surface area contributed by atoms with Gasteiger partial charge in [-0.15, -0.1) is 0 Å². The minimum absolute atomic E-state index is 0.102. The topological polar surface area (TPSA) is 84.6 Å². The van der Waals surface area contributed by atoms with Crippen LogP contribution in [0, 0.1) is 0 Å². The number of aliphatic imine (C=N–C) groups is 1. The van der Waals surface area contributed by atoms with Crippen LogP contribution < -0.4 is 11.5 Å². The summed E-state index contributed by atoms with van der Waals surface area (Å²) in [6, 6.07) is 7.99. The Morgan fingerprint density at radius 2 is 1.69 bits per heavy atom. The maximum atomic E-state index is 8.89. The van der Waals surface area contributed by atoms with E-state index in [4.69, 9.17) is 16.6 Å². The third kappa shape index (κ3) is 4.79. The Kier molecular flexibility index (Phi) is 5.36. The van der Waals surface area contributed by atoms with E-state index in [2.05, 4.69) is 4.99 Å². The molecular weight excluding hydrogens is 202 g/mol. The molecule has 16 heavy (non-hydrogen) atoms. The van der Waals surface area contributed by atoms with E-state index in [-0.39, 0.29) is 12.6 Å². The van der Waals surface area contributed by atoms with Crippen molar-refractivity contribution in [2.75, 3.05) is 6.54 Å². The van der Waals surface area contributed by atoms with Gasteiger partial charge in [0.25, 0.3) is 0 Å². The van der Waals surface area contributed by atoms with E-state index in [0.29, 0.717) is 6.54 Å². The number of hydrogen-bond acceptors (Lipinski definition) is 2. The van der Waals surface area contributed by atoms with E-state index in [9.17, 15) is 0 Å². The predicted molar refractivity (Wildman–Crippen MR) is 66.0 cm³/mol. The monoisotopic (exact) mass is 221 g/mol. The van der Waals surface area contributed by atoms with Gasteiger partial charge in [0.2, 0.25) is 0 Å². The molecule has 4 heteroatoms. The number of guanidine groups is 1. The molecule has 88 valence electrons. The number of aliphatic hydroxyl groups is 1. The summed E-state index contributed by atoms with van der Waals surface area (Å²) < 4.78 is 0. The lowest BCUT2D eigenvalue weighted by Crippen LogP contribution is -2.22. The van der Waals surface area contributed by atoms with Crippen molar-refractivity contribution in [1.82, 2.24) is 0 Å². The molecule has 0 aliphatic carbocycles. The number of aliphatic hydroxyl groups excluding tert-OH is 1. The predicted octanol–water partition coefficient (Wildman–Crippen LogP) is 0.775. The maximum Gasteiger partial charge on any atom is 0.185 e. The van der Waals surface area contributed by atoms with Crippen LogP contribution in [0.1, 0.15) is 24.0 Å². The maximum absolute atomic E-state index is 8.89. The molecule has 5 N–H and O–H groups in total. The molecule has 0 saturated carbocycles. The van der Waals surface area contributed by atoms with Crippen molar-refractivity contribution in [3.8, 4) is 0 Å². The van der Waals surface area contributed by atoms with Gasteiger partial charge in [0.1, 0.15) is 0 Å². The van der Waals surface area contributed by atoms with Crippen molar-refractivity contribution in [3.63, 3.8) is 0 Å². The zero-order valence-electron chi connectivity index (χ0n) is 9.39. The summed E-state index contributed by atoms with van der Waals surface area (Å²) in [4.78, 5) is 3.92. The van der Waals surface area contributed by atoms with Gasteiger partial charge in [0, 0.05) is 6.54 Å². The summed E-state index contributed by atoms with van der Waals surface area (Å²) in [5.74, 6) is 0.160. The second-order valence-corrected chi connectivity index (χ2v) is 3.74. The Morgan fingerprint density at radius 3 is 2.25 bits per heavy atom. The highest BCUT2D eigenvalue weighted by Gasteiger charge is 1.94. The molecule has 1 rings (SSSR count). The van der Waals surface area contributed by atoms with Crippen LogP contribution in [0.3, 0.4) is 0 Å². The van der Waals surface area contributed by atoms with Crippen molar-refractivity contribution in [2.45, 2.75) is 25.9 Å². The lowest BCUT2D eigenvalue weighted by atomic mass is 10.1. The highest BCUT2D eigenvalue weighted by molar-refractivity contribution is 5.75. The normalized spacial score (nSPS) is 10.1. The van der Waals surface area contributed by atoms with E-state index < -0.39 is 0 Å². The van der Waals surface area contributed by atoms with E-state index in [0.717, 1.165) is 24.8 Å². The second kappa shape index (κ2) is 6.85. The molecular formula is C12H19N3O. The van der Waals surface area contributed by atoms with Gasteiger partial charge in [-0.25, -0.2) is 0 Å². The molecule has 1 aromatic rings. The van der Waals surface area contributed by atoms with E-state index in [1.54, 1.807) is 0 Å². The summed E-state index contributed by atoms with van der Waals surface area (Å²) in [5.41, 5.74) is 12.7. The fraction of sp³-hybridized carbons (Fsp3) is 0.417. The second-order valence-electron chi connectivity index (χ2n) is 3.74. The largest absolute Gasteiger partial charge is 0.392 e. The number of nitrogens with two attached hydrogens (primary N) is 2. The molecule has 1 aromatic carbocycles. The Balaban J connectivity index is 2.24. The van der Waals surface area contributed by atoms with Crippen LogP contribution in [0.5, 0.6) is 0 Å². The molecule has 0 spiro atoms. The average Bonchev–Trinajstić information content (AvgIpc) is 2.29. The Labute approximate surface area is 96.0 Å². The van der Waals surface area contributed by atoms with Gasteiger partial charge in [-0.05, 0) is 30.4 Å². The van der Waals surface area contributed by atoms with Crippen LogP contribution in [0.15, 0.2) is 29.3 Å². The summed E-state index contributed by atoms with van der Waals surface area (Å²) in [5, 5.41) is 8.89. The number of nitrogens with zero attached hydrogens (tertiary/aromatic N) is 1. The van der Waals surface area contributed by atoms with Gasteiger partial charge in [-0.3, -0.25) is 4.99 Å². The molecule has 0 aromatic heterocycles. The first-order valence-corrected chi connectivity index (χ1v) is 5.46. The smallest absolute Gasteiger partial charge is 0.185 e. The van der Waals surface area contributed by atoms with Crippen molar-refractivity contribution in [1.29, 1.82) is 0 Å². The molecule has 4 nitrogen and oxygen atoms in total. The summed E-state index contributed by atoms with van der Waals surface area (Å²) in [7, 11) is 0. The third-order valence-corrected chi connectivity index (χ3v) is 2.37. The van der Waals surface area contributed by atoms with E-state index in [1.165, 1.54) is 5.56 Å². The zero-order chi connectivity index (χ0) is 11.8. The molecule has 0 amide bonds. The van der Waals surface area contributed by atoms with Crippen molar-refractivity contribution in [3.05, 3.63) is 35.4 Å². The fourth-order valence-corrected chi connectivity index (χ4v) is 1.46. The van der Waals surface area contributed by atoms with Gasteiger partial charge < -0.3 is 16.6 Å². The molecule has 0 fully saturated rings. The zero-order valence-corrected chi connectivity index (χ0v) is 9.39. The van der Waals surface area contributed by atoms with Crippen LogP contribution in [0.2, 0.25) is 0 Å². The molecule has 0 heterocycles. The van der Waals surface area contributed by atoms with Gasteiger partial charge in [0.15, 0.2) is 5.96 Å².